The van der Waals surface area contributed by atoms with Crippen LogP contribution in [0.2, 0.25) is 0 Å². The highest BCUT2D eigenvalue weighted by atomic mass is 16.6. The fraction of sp³-hybridized carbons (Fsp3) is 0.828. The summed E-state index contributed by atoms with van der Waals surface area (Å²) in [4.78, 5) is 12.8. The van der Waals surface area contributed by atoms with E-state index in [0.29, 0.717) is 28.6 Å². The molecule has 6 aliphatic rings. The molecule has 3 heteroatoms. The van der Waals surface area contributed by atoms with Gasteiger partial charge in [0, 0.05) is 6.42 Å². The SMILES string of the molecule is CC(C)C1CCC2C1(C)CCC1(C)C3CCC4=C(CC5OC(=O)C4(C)C5O)C3=CCC21C. The third-order valence-electron chi connectivity index (χ3n) is 12.4. The van der Waals surface area contributed by atoms with Crippen molar-refractivity contribution in [1.29, 1.82) is 0 Å². The van der Waals surface area contributed by atoms with Gasteiger partial charge in [-0.3, -0.25) is 4.79 Å². The highest BCUT2D eigenvalue weighted by molar-refractivity contribution is 5.85. The van der Waals surface area contributed by atoms with E-state index in [2.05, 4.69) is 40.7 Å². The number of esters is 1. The highest BCUT2D eigenvalue weighted by Crippen LogP contribution is 2.74. The van der Waals surface area contributed by atoms with E-state index in [1.165, 1.54) is 42.4 Å². The van der Waals surface area contributed by atoms with Crippen LogP contribution in [0.4, 0.5) is 0 Å². The number of allylic oxidation sites excluding steroid dienone is 2. The van der Waals surface area contributed by atoms with E-state index in [9.17, 15) is 9.90 Å². The van der Waals surface area contributed by atoms with Gasteiger partial charge in [-0.05, 0) is 109 Å². The summed E-state index contributed by atoms with van der Waals surface area (Å²) in [6.45, 7) is 14.7. The topological polar surface area (TPSA) is 46.5 Å². The van der Waals surface area contributed by atoms with Gasteiger partial charge in [-0.15, -0.1) is 0 Å². The number of rotatable bonds is 1. The van der Waals surface area contributed by atoms with E-state index >= 15 is 0 Å². The van der Waals surface area contributed by atoms with Crippen LogP contribution in [0, 0.1) is 45.3 Å². The summed E-state index contributed by atoms with van der Waals surface area (Å²) < 4.78 is 5.67. The molecule has 0 amide bonds. The molecule has 9 atom stereocenters. The number of hydrogen-bond donors (Lipinski definition) is 1. The molecule has 2 saturated carbocycles. The fourth-order valence-electron chi connectivity index (χ4n) is 10.4. The number of carbonyl (C=O) groups excluding carboxylic acids is 1. The van der Waals surface area contributed by atoms with Crippen LogP contribution in [-0.2, 0) is 9.53 Å². The first-order valence-corrected chi connectivity index (χ1v) is 13.3. The fourth-order valence-corrected chi connectivity index (χ4v) is 10.4. The van der Waals surface area contributed by atoms with E-state index < -0.39 is 11.5 Å². The van der Waals surface area contributed by atoms with Gasteiger partial charge >= 0.3 is 5.97 Å². The maximum absolute atomic E-state index is 12.8. The first kappa shape index (κ1) is 21.4. The van der Waals surface area contributed by atoms with Gasteiger partial charge in [0.15, 0.2) is 0 Å². The summed E-state index contributed by atoms with van der Waals surface area (Å²) >= 11 is 0. The molecule has 3 nitrogen and oxygen atoms in total. The van der Waals surface area contributed by atoms with Crippen molar-refractivity contribution in [1.82, 2.24) is 0 Å². The predicted molar refractivity (Wildman–Crippen MR) is 126 cm³/mol. The molecule has 3 fully saturated rings. The lowest BCUT2D eigenvalue weighted by Crippen LogP contribution is -2.59. The Labute approximate surface area is 194 Å². The zero-order valence-electron chi connectivity index (χ0n) is 21.0. The Balaban J connectivity index is 1.43. The Morgan fingerprint density at radius 2 is 1.81 bits per heavy atom. The molecule has 1 heterocycles. The van der Waals surface area contributed by atoms with Crippen molar-refractivity contribution in [3.8, 4) is 0 Å². The molecule has 6 rings (SSSR count). The molecule has 5 aliphatic carbocycles. The number of carbonyl (C=O) groups is 1. The molecule has 9 unspecified atom stereocenters. The van der Waals surface area contributed by atoms with Crippen LogP contribution in [0.25, 0.3) is 0 Å². The lowest BCUT2D eigenvalue weighted by molar-refractivity contribution is -0.146. The van der Waals surface area contributed by atoms with Crippen molar-refractivity contribution in [3.63, 3.8) is 0 Å². The minimum absolute atomic E-state index is 0.204. The molecule has 1 aliphatic heterocycles. The maximum Gasteiger partial charge on any atom is 0.319 e. The van der Waals surface area contributed by atoms with Crippen LogP contribution in [0.5, 0.6) is 0 Å². The quantitative estimate of drug-likeness (QED) is 0.495. The zero-order valence-corrected chi connectivity index (χ0v) is 21.0. The van der Waals surface area contributed by atoms with Crippen LogP contribution >= 0.6 is 0 Å². The molecule has 0 aromatic rings. The third-order valence-corrected chi connectivity index (χ3v) is 12.4. The molecule has 1 N–H and O–H groups in total. The first-order chi connectivity index (χ1) is 15.0. The lowest BCUT2D eigenvalue weighted by atomic mass is 9.38. The molecule has 0 aromatic carbocycles. The molecule has 32 heavy (non-hydrogen) atoms. The zero-order chi connectivity index (χ0) is 22.8. The Morgan fingerprint density at radius 3 is 2.53 bits per heavy atom. The van der Waals surface area contributed by atoms with E-state index in [1.54, 1.807) is 0 Å². The van der Waals surface area contributed by atoms with Crippen LogP contribution in [0.15, 0.2) is 22.8 Å². The molecule has 1 saturated heterocycles. The standard InChI is InChI=1S/C29H42O3/c1-16(2)19-9-10-23-26(19,3)13-14-27(4)20-7-8-21-18(17(20)11-12-28(23,27)5)15-22-24(30)29(21,6)25(31)32-22/h11,16,19-20,22-24,30H,7-10,12-15H2,1-6H3. The van der Waals surface area contributed by atoms with Crippen molar-refractivity contribution in [3.05, 3.63) is 22.8 Å². The second-order valence-corrected chi connectivity index (χ2v) is 13.5. The van der Waals surface area contributed by atoms with Crippen LogP contribution < -0.4 is 0 Å². The second kappa shape index (κ2) is 6.32. The van der Waals surface area contributed by atoms with Gasteiger partial charge in [-0.25, -0.2) is 0 Å². The summed E-state index contributed by atoms with van der Waals surface area (Å²) in [6, 6.07) is 0. The van der Waals surface area contributed by atoms with Gasteiger partial charge in [0.1, 0.15) is 17.6 Å². The average Bonchev–Trinajstić information content (AvgIpc) is 3.16. The minimum atomic E-state index is -0.827. The van der Waals surface area contributed by atoms with Crippen molar-refractivity contribution < 1.29 is 14.6 Å². The van der Waals surface area contributed by atoms with E-state index in [-0.39, 0.29) is 12.1 Å². The van der Waals surface area contributed by atoms with Crippen molar-refractivity contribution in [2.45, 2.75) is 105 Å². The first-order valence-electron chi connectivity index (χ1n) is 13.3. The molecule has 0 radical (unpaired) electrons. The summed E-state index contributed by atoms with van der Waals surface area (Å²) in [6.07, 6.45) is 11.0. The average molecular weight is 439 g/mol. The number of fused-ring (bicyclic) bond motifs is 9. The van der Waals surface area contributed by atoms with E-state index in [0.717, 1.165) is 37.0 Å². The minimum Gasteiger partial charge on any atom is -0.458 e. The van der Waals surface area contributed by atoms with Crippen LogP contribution in [-0.4, -0.2) is 23.3 Å². The Bertz CT molecular complexity index is 944. The summed E-state index contributed by atoms with van der Waals surface area (Å²) in [5, 5.41) is 10.9. The van der Waals surface area contributed by atoms with Crippen LogP contribution in [0.3, 0.4) is 0 Å². The summed E-state index contributed by atoms with van der Waals surface area (Å²) in [5.41, 5.74) is 4.41. The number of aliphatic hydroxyl groups excluding tert-OH is 1. The molecule has 176 valence electrons. The Hall–Kier alpha value is -1.09. The van der Waals surface area contributed by atoms with Gasteiger partial charge < -0.3 is 9.84 Å². The van der Waals surface area contributed by atoms with Gasteiger partial charge in [-0.2, -0.15) is 0 Å². The monoisotopic (exact) mass is 438 g/mol. The molecular weight excluding hydrogens is 396 g/mol. The predicted octanol–water partition coefficient (Wildman–Crippen LogP) is 6.21. The second-order valence-electron chi connectivity index (χ2n) is 13.5. The number of hydrogen-bond acceptors (Lipinski definition) is 3. The Morgan fingerprint density at radius 1 is 1.06 bits per heavy atom. The molecular formula is C29H42O3. The smallest absolute Gasteiger partial charge is 0.319 e. The summed E-state index contributed by atoms with van der Waals surface area (Å²) in [5.74, 6) is 2.82. The largest absolute Gasteiger partial charge is 0.458 e. The lowest BCUT2D eigenvalue weighted by Gasteiger charge is -2.66. The Kier molecular flexibility index (Phi) is 4.23. The van der Waals surface area contributed by atoms with Crippen molar-refractivity contribution >= 4 is 5.97 Å². The molecule has 0 aromatic heterocycles. The van der Waals surface area contributed by atoms with Crippen molar-refractivity contribution in [2.75, 3.05) is 0 Å². The molecule has 0 spiro atoms. The summed E-state index contributed by atoms with van der Waals surface area (Å²) in [7, 11) is 0. The van der Waals surface area contributed by atoms with Crippen molar-refractivity contribution in [2.24, 2.45) is 45.3 Å². The van der Waals surface area contributed by atoms with E-state index in [1.807, 2.05) is 6.92 Å². The normalized spacial score (nSPS) is 53.9. The molecule has 2 bridgehead atoms. The van der Waals surface area contributed by atoms with Gasteiger partial charge in [-0.1, -0.05) is 40.7 Å². The van der Waals surface area contributed by atoms with Crippen LogP contribution in [0.1, 0.15) is 92.9 Å². The number of ether oxygens (including phenoxy) is 1. The highest BCUT2D eigenvalue weighted by Gasteiger charge is 2.67. The van der Waals surface area contributed by atoms with Gasteiger partial charge in [0.25, 0.3) is 0 Å². The van der Waals surface area contributed by atoms with E-state index in [4.69, 9.17) is 4.74 Å². The van der Waals surface area contributed by atoms with Gasteiger partial charge in [0.2, 0.25) is 0 Å². The number of aliphatic hydroxyl groups is 1. The maximum atomic E-state index is 12.8. The third kappa shape index (κ3) is 2.21. The van der Waals surface area contributed by atoms with Gasteiger partial charge in [0.05, 0.1) is 0 Å².